The Morgan fingerprint density at radius 2 is 1.39 bits per heavy atom. The number of rotatable bonds is 10. The van der Waals surface area contributed by atoms with Crippen molar-refractivity contribution >= 4 is 0 Å². The summed E-state index contributed by atoms with van der Waals surface area (Å²) in [6.45, 7) is 3.22. The van der Waals surface area contributed by atoms with Crippen molar-refractivity contribution in [2.45, 2.75) is 115 Å². The maximum absolute atomic E-state index is 10.3. The highest BCUT2D eigenvalue weighted by atomic mass is 16.5. The fourth-order valence-electron chi connectivity index (χ4n) is 4.61. The Kier molecular flexibility index (Phi) is 9.60. The van der Waals surface area contributed by atoms with Gasteiger partial charge in [0.25, 0.3) is 0 Å². The molecule has 1 N–H and O–H groups in total. The maximum atomic E-state index is 10.3. The molecular formula is C21H40O2. The van der Waals surface area contributed by atoms with E-state index >= 15 is 0 Å². The first-order valence-corrected chi connectivity index (χ1v) is 10.6. The highest BCUT2D eigenvalue weighted by Gasteiger charge is 2.32. The summed E-state index contributed by atoms with van der Waals surface area (Å²) in [5, 5.41) is 10.3. The molecule has 136 valence electrons. The standard InChI is InChI=1S/C21H40O2/c1-2-3-4-5-6-7-8-9-17-23-21-16-15-20(22)18-11-10-12-19(21)14-13-18/h18-22H,2-17H2,1H3. The Bertz CT molecular complexity index is 292. The largest absolute Gasteiger partial charge is 0.393 e. The molecule has 0 amide bonds. The number of hydrogen-bond acceptors (Lipinski definition) is 2. The van der Waals surface area contributed by atoms with Crippen molar-refractivity contribution in [2.24, 2.45) is 11.8 Å². The summed E-state index contributed by atoms with van der Waals surface area (Å²) in [6.07, 6.45) is 19.7. The van der Waals surface area contributed by atoms with E-state index in [1.165, 1.54) is 83.5 Å². The van der Waals surface area contributed by atoms with E-state index in [2.05, 4.69) is 6.92 Å². The number of aliphatic hydroxyl groups is 1. The van der Waals surface area contributed by atoms with E-state index in [4.69, 9.17) is 4.74 Å². The van der Waals surface area contributed by atoms with Crippen molar-refractivity contribution in [2.75, 3.05) is 6.61 Å². The number of fused-ring (bicyclic) bond motifs is 3. The number of ether oxygens (including phenoxy) is 1. The highest BCUT2D eigenvalue weighted by Crippen LogP contribution is 2.37. The van der Waals surface area contributed by atoms with E-state index in [0.717, 1.165) is 25.4 Å². The predicted octanol–water partition coefficient (Wildman–Crippen LogP) is 5.86. The molecule has 2 saturated carbocycles. The second-order valence-electron chi connectivity index (χ2n) is 8.06. The van der Waals surface area contributed by atoms with E-state index in [1.807, 2.05) is 0 Å². The van der Waals surface area contributed by atoms with E-state index in [9.17, 15) is 5.11 Å². The van der Waals surface area contributed by atoms with Gasteiger partial charge in [0.05, 0.1) is 12.2 Å². The Labute approximate surface area is 144 Å². The molecule has 2 nitrogen and oxygen atoms in total. The molecule has 0 aromatic carbocycles. The van der Waals surface area contributed by atoms with Gasteiger partial charge >= 0.3 is 0 Å². The van der Waals surface area contributed by atoms with Crippen LogP contribution >= 0.6 is 0 Å². The quantitative estimate of drug-likeness (QED) is 0.510. The molecule has 0 aliphatic heterocycles. The molecule has 2 fully saturated rings. The van der Waals surface area contributed by atoms with Crippen LogP contribution in [0.4, 0.5) is 0 Å². The highest BCUT2D eigenvalue weighted by molar-refractivity contribution is 4.84. The third kappa shape index (κ3) is 7.13. The smallest absolute Gasteiger partial charge is 0.0604 e. The summed E-state index contributed by atoms with van der Waals surface area (Å²) in [5.41, 5.74) is 0. The predicted molar refractivity (Wildman–Crippen MR) is 97.7 cm³/mol. The van der Waals surface area contributed by atoms with Crippen LogP contribution in [0.3, 0.4) is 0 Å². The summed E-state index contributed by atoms with van der Waals surface area (Å²) in [6, 6.07) is 0. The summed E-state index contributed by atoms with van der Waals surface area (Å²) in [7, 11) is 0. The summed E-state index contributed by atoms with van der Waals surface area (Å²) < 4.78 is 6.28. The SMILES string of the molecule is CCCCCCCCCCOC1CCC(O)C2CCCC1CC2. The molecular weight excluding hydrogens is 284 g/mol. The van der Waals surface area contributed by atoms with Crippen LogP contribution in [-0.2, 0) is 4.74 Å². The zero-order chi connectivity index (χ0) is 16.3. The second-order valence-corrected chi connectivity index (χ2v) is 8.06. The molecule has 2 aliphatic carbocycles. The van der Waals surface area contributed by atoms with Crippen molar-refractivity contribution in [3.63, 3.8) is 0 Å². The fraction of sp³-hybridized carbons (Fsp3) is 1.00. The first-order chi connectivity index (χ1) is 11.3. The van der Waals surface area contributed by atoms with Gasteiger partial charge in [0.15, 0.2) is 0 Å². The molecule has 4 atom stereocenters. The molecule has 0 aromatic rings. The molecule has 0 saturated heterocycles. The van der Waals surface area contributed by atoms with Gasteiger partial charge in [-0.3, -0.25) is 0 Å². The van der Waals surface area contributed by atoms with Crippen LogP contribution in [-0.4, -0.2) is 23.9 Å². The Morgan fingerprint density at radius 1 is 0.739 bits per heavy atom. The zero-order valence-electron chi connectivity index (χ0n) is 15.5. The van der Waals surface area contributed by atoms with Gasteiger partial charge in [-0.15, -0.1) is 0 Å². The lowest BCUT2D eigenvalue weighted by Crippen LogP contribution is -2.30. The van der Waals surface area contributed by atoms with Crippen LogP contribution < -0.4 is 0 Å². The maximum Gasteiger partial charge on any atom is 0.0604 e. The lowest BCUT2D eigenvalue weighted by atomic mass is 9.84. The van der Waals surface area contributed by atoms with Crippen LogP contribution in [0.2, 0.25) is 0 Å². The average Bonchev–Trinajstić information content (AvgIpc) is 2.77. The molecule has 0 spiro atoms. The van der Waals surface area contributed by atoms with Crippen molar-refractivity contribution < 1.29 is 9.84 Å². The van der Waals surface area contributed by atoms with Crippen LogP contribution in [0.5, 0.6) is 0 Å². The van der Waals surface area contributed by atoms with Gasteiger partial charge in [-0.05, 0) is 56.8 Å². The first kappa shape index (κ1) is 19.2. The monoisotopic (exact) mass is 324 g/mol. The Hall–Kier alpha value is -0.0800. The number of aliphatic hydroxyl groups excluding tert-OH is 1. The Balaban J connectivity index is 1.57. The minimum absolute atomic E-state index is 0.0664. The van der Waals surface area contributed by atoms with Gasteiger partial charge in [0, 0.05) is 6.61 Å². The van der Waals surface area contributed by atoms with Crippen LogP contribution in [0, 0.1) is 11.8 Å². The lowest BCUT2D eigenvalue weighted by molar-refractivity contribution is -0.0215. The average molecular weight is 325 g/mol. The molecule has 2 rings (SSSR count). The molecule has 0 aromatic heterocycles. The van der Waals surface area contributed by atoms with Gasteiger partial charge in [0.2, 0.25) is 0 Å². The first-order valence-electron chi connectivity index (χ1n) is 10.6. The number of unbranched alkanes of at least 4 members (excludes halogenated alkanes) is 7. The van der Waals surface area contributed by atoms with E-state index in [0.29, 0.717) is 12.0 Å². The van der Waals surface area contributed by atoms with Gasteiger partial charge < -0.3 is 9.84 Å². The van der Waals surface area contributed by atoms with Crippen molar-refractivity contribution in [1.82, 2.24) is 0 Å². The van der Waals surface area contributed by atoms with Crippen LogP contribution in [0.25, 0.3) is 0 Å². The molecule has 4 unspecified atom stereocenters. The topological polar surface area (TPSA) is 29.5 Å². The van der Waals surface area contributed by atoms with Gasteiger partial charge in [-0.25, -0.2) is 0 Å². The van der Waals surface area contributed by atoms with Crippen molar-refractivity contribution in [3.8, 4) is 0 Å². The van der Waals surface area contributed by atoms with E-state index < -0.39 is 0 Å². The minimum atomic E-state index is -0.0664. The van der Waals surface area contributed by atoms with Crippen molar-refractivity contribution in [3.05, 3.63) is 0 Å². The number of hydrogen-bond donors (Lipinski definition) is 1. The van der Waals surface area contributed by atoms with Gasteiger partial charge in [-0.2, -0.15) is 0 Å². The third-order valence-electron chi connectivity index (χ3n) is 6.20. The van der Waals surface area contributed by atoms with Gasteiger partial charge in [0.1, 0.15) is 0 Å². The molecule has 2 bridgehead atoms. The molecule has 0 radical (unpaired) electrons. The minimum Gasteiger partial charge on any atom is -0.393 e. The van der Waals surface area contributed by atoms with E-state index in [1.54, 1.807) is 0 Å². The molecule has 2 aliphatic rings. The summed E-state index contributed by atoms with van der Waals surface area (Å²) in [5.74, 6) is 1.34. The Morgan fingerprint density at radius 3 is 2.17 bits per heavy atom. The van der Waals surface area contributed by atoms with Crippen molar-refractivity contribution in [1.29, 1.82) is 0 Å². The zero-order valence-corrected chi connectivity index (χ0v) is 15.5. The molecule has 23 heavy (non-hydrogen) atoms. The molecule has 2 heteroatoms. The van der Waals surface area contributed by atoms with Crippen LogP contribution in [0.1, 0.15) is 103 Å². The fourth-order valence-corrected chi connectivity index (χ4v) is 4.61. The second kappa shape index (κ2) is 11.5. The normalized spacial score (nSPS) is 31.6. The summed E-state index contributed by atoms with van der Waals surface area (Å²) >= 11 is 0. The summed E-state index contributed by atoms with van der Waals surface area (Å²) in [4.78, 5) is 0. The molecule has 0 heterocycles. The van der Waals surface area contributed by atoms with Gasteiger partial charge in [-0.1, -0.05) is 58.3 Å². The van der Waals surface area contributed by atoms with Crippen LogP contribution in [0.15, 0.2) is 0 Å². The van der Waals surface area contributed by atoms with E-state index in [-0.39, 0.29) is 6.10 Å². The third-order valence-corrected chi connectivity index (χ3v) is 6.20. The lowest BCUT2D eigenvalue weighted by Gasteiger charge is -2.31.